The van der Waals surface area contributed by atoms with Gasteiger partial charge in [0.25, 0.3) is 0 Å². The summed E-state index contributed by atoms with van der Waals surface area (Å²) >= 11 is 3.38. The molecule has 1 aromatic rings. The van der Waals surface area contributed by atoms with Crippen LogP contribution in [0.25, 0.3) is 0 Å². The molecule has 0 radical (unpaired) electrons. The van der Waals surface area contributed by atoms with Gasteiger partial charge in [0.1, 0.15) is 0 Å². The summed E-state index contributed by atoms with van der Waals surface area (Å²) in [4.78, 5) is 13.2. The lowest BCUT2D eigenvalue weighted by atomic mass is 10.1. The molecule has 5 heteroatoms. The third-order valence-electron chi connectivity index (χ3n) is 3.10. The molecular weight excluding hydrogens is 298 g/mol. The maximum atomic E-state index is 11.2. The van der Waals surface area contributed by atoms with Gasteiger partial charge in [-0.2, -0.15) is 0 Å². The van der Waals surface area contributed by atoms with Crippen LogP contribution in [0.1, 0.15) is 23.2 Å². The summed E-state index contributed by atoms with van der Waals surface area (Å²) in [5, 5.41) is 9.19. The summed E-state index contributed by atoms with van der Waals surface area (Å²) in [6, 6.07) is 5.19. The smallest absolute Gasteiger partial charge is 0.337 e. The largest absolute Gasteiger partial charge is 0.478 e. The molecule has 1 fully saturated rings. The van der Waals surface area contributed by atoms with Gasteiger partial charge < -0.3 is 14.7 Å². The molecule has 98 valence electrons. The van der Waals surface area contributed by atoms with Crippen molar-refractivity contribution in [2.75, 3.05) is 25.1 Å². The van der Waals surface area contributed by atoms with Crippen LogP contribution in [0.5, 0.6) is 0 Å². The minimum atomic E-state index is -0.906. The van der Waals surface area contributed by atoms with Crippen LogP contribution in [0.3, 0.4) is 0 Å². The highest BCUT2D eigenvalue weighted by atomic mass is 79.9. The molecule has 0 amide bonds. The average molecular weight is 314 g/mol. The van der Waals surface area contributed by atoms with Gasteiger partial charge in [0, 0.05) is 24.7 Å². The molecule has 0 bridgehead atoms. The van der Waals surface area contributed by atoms with Crippen LogP contribution in [0.2, 0.25) is 0 Å². The summed E-state index contributed by atoms with van der Waals surface area (Å²) in [6.07, 6.45) is 2.33. The zero-order chi connectivity index (χ0) is 13.1. The van der Waals surface area contributed by atoms with Crippen LogP contribution < -0.4 is 4.90 Å². The van der Waals surface area contributed by atoms with Crippen molar-refractivity contribution < 1.29 is 14.6 Å². The highest BCUT2D eigenvalue weighted by Crippen LogP contribution is 2.26. The fraction of sp³-hybridized carbons (Fsp3) is 0.462. The summed E-state index contributed by atoms with van der Waals surface area (Å²) in [6.45, 7) is 1.53. The van der Waals surface area contributed by atoms with Crippen LogP contribution in [-0.2, 0) is 4.74 Å². The first kappa shape index (κ1) is 13.4. The summed E-state index contributed by atoms with van der Waals surface area (Å²) in [5.74, 6) is -0.906. The number of hydrogen-bond acceptors (Lipinski definition) is 3. The maximum absolute atomic E-state index is 11.2. The van der Waals surface area contributed by atoms with Crippen molar-refractivity contribution in [3.05, 3.63) is 28.2 Å². The van der Waals surface area contributed by atoms with Crippen molar-refractivity contribution in [2.24, 2.45) is 0 Å². The number of nitrogens with zero attached hydrogens (tertiary/aromatic N) is 1. The molecule has 0 aromatic heterocycles. The Kier molecular flexibility index (Phi) is 4.24. The van der Waals surface area contributed by atoms with E-state index in [-0.39, 0.29) is 6.10 Å². The van der Waals surface area contributed by atoms with E-state index in [4.69, 9.17) is 4.74 Å². The monoisotopic (exact) mass is 313 g/mol. The quantitative estimate of drug-likeness (QED) is 0.928. The van der Waals surface area contributed by atoms with Crippen LogP contribution >= 0.6 is 15.9 Å². The Morgan fingerprint density at radius 2 is 2.39 bits per heavy atom. The Morgan fingerprint density at radius 1 is 1.61 bits per heavy atom. The number of halogens is 1. The Bertz CT molecular complexity index is 444. The van der Waals surface area contributed by atoms with Crippen LogP contribution in [0, 0.1) is 0 Å². The molecule has 2 rings (SSSR count). The van der Waals surface area contributed by atoms with Gasteiger partial charge in [0.15, 0.2) is 0 Å². The minimum Gasteiger partial charge on any atom is -0.478 e. The van der Waals surface area contributed by atoms with E-state index in [0.717, 1.165) is 30.5 Å². The van der Waals surface area contributed by atoms with Crippen LogP contribution in [-0.4, -0.2) is 37.4 Å². The number of carboxylic acid groups (broad SMARTS) is 1. The van der Waals surface area contributed by atoms with E-state index < -0.39 is 5.97 Å². The first-order chi connectivity index (χ1) is 8.58. The fourth-order valence-electron chi connectivity index (χ4n) is 2.19. The van der Waals surface area contributed by atoms with Gasteiger partial charge in [0.2, 0.25) is 0 Å². The van der Waals surface area contributed by atoms with Gasteiger partial charge >= 0.3 is 5.97 Å². The van der Waals surface area contributed by atoms with E-state index in [0.29, 0.717) is 11.3 Å². The van der Waals surface area contributed by atoms with Gasteiger partial charge in [-0.1, -0.05) is 15.9 Å². The molecule has 0 saturated carbocycles. The second-order valence-electron chi connectivity index (χ2n) is 4.48. The Labute approximate surface area is 115 Å². The SMILES string of the molecule is CN(CC1CCCO1)c1cc(Br)ccc1C(=O)O. The summed E-state index contributed by atoms with van der Waals surface area (Å²) < 4.78 is 6.45. The van der Waals surface area contributed by atoms with E-state index in [9.17, 15) is 9.90 Å². The summed E-state index contributed by atoms with van der Waals surface area (Å²) in [5.41, 5.74) is 1.03. The molecule has 1 aliphatic heterocycles. The van der Waals surface area contributed by atoms with Crippen LogP contribution in [0.15, 0.2) is 22.7 Å². The van der Waals surface area contributed by atoms with E-state index in [2.05, 4.69) is 15.9 Å². The second-order valence-corrected chi connectivity index (χ2v) is 5.40. The molecule has 1 aromatic carbocycles. The Hall–Kier alpha value is -1.07. The first-order valence-corrected chi connectivity index (χ1v) is 6.73. The third kappa shape index (κ3) is 3.03. The lowest BCUT2D eigenvalue weighted by molar-refractivity contribution is 0.0697. The Balaban J connectivity index is 2.19. The van der Waals surface area contributed by atoms with Gasteiger partial charge in [0.05, 0.1) is 17.4 Å². The molecule has 4 nitrogen and oxygen atoms in total. The first-order valence-electron chi connectivity index (χ1n) is 5.93. The molecule has 1 unspecified atom stereocenters. The van der Waals surface area contributed by atoms with Crippen molar-refractivity contribution in [1.82, 2.24) is 0 Å². The predicted molar refractivity (Wildman–Crippen MR) is 73.3 cm³/mol. The normalized spacial score (nSPS) is 18.9. The Morgan fingerprint density at radius 3 is 3.00 bits per heavy atom. The number of aromatic carboxylic acids is 1. The predicted octanol–water partition coefficient (Wildman–Crippen LogP) is 2.76. The average Bonchev–Trinajstić information content (AvgIpc) is 2.81. The van der Waals surface area contributed by atoms with Crippen molar-refractivity contribution >= 4 is 27.6 Å². The zero-order valence-electron chi connectivity index (χ0n) is 10.2. The number of rotatable bonds is 4. The summed E-state index contributed by atoms with van der Waals surface area (Å²) in [7, 11) is 1.90. The molecule has 1 saturated heterocycles. The minimum absolute atomic E-state index is 0.204. The number of anilines is 1. The number of carboxylic acids is 1. The second kappa shape index (κ2) is 5.71. The van der Waals surface area contributed by atoms with E-state index >= 15 is 0 Å². The number of benzene rings is 1. The fourth-order valence-corrected chi connectivity index (χ4v) is 2.54. The van der Waals surface area contributed by atoms with Crippen molar-refractivity contribution in [1.29, 1.82) is 0 Å². The molecule has 1 atom stereocenters. The van der Waals surface area contributed by atoms with Gasteiger partial charge in [-0.25, -0.2) is 4.79 Å². The van der Waals surface area contributed by atoms with Gasteiger partial charge in [-0.15, -0.1) is 0 Å². The van der Waals surface area contributed by atoms with Crippen molar-refractivity contribution in [3.63, 3.8) is 0 Å². The number of ether oxygens (including phenoxy) is 1. The van der Waals surface area contributed by atoms with E-state index in [1.54, 1.807) is 12.1 Å². The molecular formula is C13H16BrNO3. The van der Waals surface area contributed by atoms with Gasteiger partial charge in [-0.05, 0) is 31.0 Å². The van der Waals surface area contributed by atoms with E-state index in [1.807, 2.05) is 18.0 Å². The highest BCUT2D eigenvalue weighted by molar-refractivity contribution is 9.10. The zero-order valence-corrected chi connectivity index (χ0v) is 11.8. The van der Waals surface area contributed by atoms with Crippen molar-refractivity contribution in [3.8, 4) is 0 Å². The molecule has 0 spiro atoms. The maximum Gasteiger partial charge on any atom is 0.337 e. The van der Waals surface area contributed by atoms with Crippen LogP contribution in [0.4, 0.5) is 5.69 Å². The highest BCUT2D eigenvalue weighted by Gasteiger charge is 2.20. The lowest BCUT2D eigenvalue weighted by Crippen LogP contribution is -2.29. The van der Waals surface area contributed by atoms with E-state index in [1.165, 1.54) is 0 Å². The number of carbonyl (C=O) groups is 1. The third-order valence-corrected chi connectivity index (χ3v) is 3.60. The topological polar surface area (TPSA) is 49.8 Å². The standard InChI is InChI=1S/C13H16BrNO3/c1-15(8-10-3-2-6-18-10)12-7-9(14)4-5-11(12)13(16)17/h4-5,7,10H,2-3,6,8H2,1H3,(H,16,17). The van der Waals surface area contributed by atoms with Gasteiger partial charge in [-0.3, -0.25) is 0 Å². The van der Waals surface area contributed by atoms with Crippen molar-refractivity contribution in [2.45, 2.75) is 18.9 Å². The lowest BCUT2D eigenvalue weighted by Gasteiger charge is -2.24. The molecule has 1 heterocycles. The number of hydrogen-bond donors (Lipinski definition) is 1. The molecule has 0 aliphatic carbocycles. The molecule has 1 N–H and O–H groups in total. The molecule has 1 aliphatic rings. The number of likely N-dealkylation sites (N-methyl/N-ethyl adjacent to an activating group) is 1. The molecule has 18 heavy (non-hydrogen) atoms.